The van der Waals surface area contributed by atoms with Gasteiger partial charge in [0.2, 0.25) is 0 Å². The maximum absolute atomic E-state index is 12.5. The fourth-order valence-electron chi connectivity index (χ4n) is 4.04. The molecule has 9 nitrogen and oxygen atoms in total. The van der Waals surface area contributed by atoms with Gasteiger partial charge in [0.1, 0.15) is 28.0 Å². The van der Waals surface area contributed by atoms with Crippen molar-refractivity contribution in [1.82, 2.24) is 15.0 Å². The number of aryl methyl sites for hydroxylation is 1. The minimum Gasteiger partial charge on any atom is -0.505 e. The SMILES string of the molecule is C=C(C)OC(=O)C(=Cc1ccc(N(C)Cc2cc(C)cc(-n3nc4ccccc4n3)c2O)cc1)C(=O)OC(=C)C. The number of nitrogens with zero attached hydrogens (tertiary/aromatic N) is 4. The summed E-state index contributed by atoms with van der Waals surface area (Å²) in [6.07, 6.45) is 1.39. The number of carbonyl (C=O) groups is 2. The minimum absolute atomic E-state index is 0.0917. The van der Waals surface area contributed by atoms with Crippen LogP contribution in [0.5, 0.6) is 5.75 Å². The largest absolute Gasteiger partial charge is 0.505 e. The van der Waals surface area contributed by atoms with E-state index in [1.54, 1.807) is 12.1 Å². The Hall–Kier alpha value is -5.18. The lowest BCUT2D eigenvalue weighted by Gasteiger charge is -2.21. The van der Waals surface area contributed by atoms with E-state index in [0.29, 0.717) is 23.4 Å². The standard InChI is InChI=1S/C31H30N4O5/c1-19(2)39-30(37)25(31(38)40-20(3)4)17-22-11-13-24(14-12-22)34(6)18-23-15-21(5)16-28(29(23)36)35-32-26-9-7-8-10-27(26)33-35/h7-17,36H,1,3,18H2,2,4-6H3. The number of rotatable bonds is 9. The summed E-state index contributed by atoms with van der Waals surface area (Å²) in [5.41, 5.74) is 4.77. The fourth-order valence-corrected chi connectivity index (χ4v) is 4.04. The van der Waals surface area contributed by atoms with Crippen LogP contribution in [0.15, 0.2) is 90.9 Å². The third kappa shape index (κ3) is 6.44. The molecule has 0 fully saturated rings. The van der Waals surface area contributed by atoms with E-state index in [1.807, 2.05) is 67.4 Å². The van der Waals surface area contributed by atoms with Crippen LogP contribution in [0.3, 0.4) is 0 Å². The Morgan fingerprint density at radius 2 is 1.50 bits per heavy atom. The average Bonchev–Trinajstić information content (AvgIpc) is 3.32. The van der Waals surface area contributed by atoms with Gasteiger partial charge in [-0.25, -0.2) is 9.59 Å². The first-order chi connectivity index (χ1) is 19.0. The second-order valence-electron chi connectivity index (χ2n) is 9.46. The molecule has 40 heavy (non-hydrogen) atoms. The van der Waals surface area contributed by atoms with Crippen LogP contribution in [0.2, 0.25) is 0 Å². The summed E-state index contributed by atoms with van der Waals surface area (Å²) in [6, 6.07) is 18.5. The molecule has 0 aliphatic carbocycles. The van der Waals surface area contributed by atoms with Crippen LogP contribution >= 0.6 is 0 Å². The van der Waals surface area contributed by atoms with Crippen molar-refractivity contribution >= 4 is 34.7 Å². The van der Waals surface area contributed by atoms with E-state index in [1.165, 1.54) is 24.7 Å². The molecular formula is C31H30N4O5. The Balaban J connectivity index is 1.57. The number of allylic oxidation sites excluding steroid dienone is 2. The first-order valence-electron chi connectivity index (χ1n) is 12.4. The quantitative estimate of drug-likeness (QED) is 0.0964. The van der Waals surface area contributed by atoms with Gasteiger partial charge in [-0.2, -0.15) is 0 Å². The van der Waals surface area contributed by atoms with Crippen molar-refractivity contribution in [3.05, 3.63) is 108 Å². The van der Waals surface area contributed by atoms with E-state index < -0.39 is 11.9 Å². The van der Waals surface area contributed by atoms with E-state index in [2.05, 4.69) is 23.4 Å². The van der Waals surface area contributed by atoms with Gasteiger partial charge in [-0.3, -0.25) is 0 Å². The van der Waals surface area contributed by atoms with Crippen LogP contribution in [0.1, 0.15) is 30.5 Å². The van der Waals surface area contributed by atoms with Crippen LogP contribution in [-0.4, -0.2) is 39.1 Å². The molecule has 9 heteroatoms. The topological polar surface area (TPSA) is 107 Å². The van der Waals surface area contributed by atoms with E-state index in [-0.39, 0.29) is 22.8 Å². The molecule has 4 rings (SSSR count). The number of phenols is 1. The van der Waals surface area contributed by atoms with E-state index >= 15 is 0 Å². The zero-order valence-corrected chi connectivity index (χ0v) is 22.8. The van der Waals surface area contributed by atoms with Crippen LogP contribution in [0.25, 0.3) is 22.8 Å². The summed E-state index contributed by atoms with van der Waals surface area (Å²) in [4.78, 5) is 28.4. The normalized spacial score (nSPS) is 10.6. The lowest BCUT2D eigenvalue weighted by Crippen LogP contribution is -2.17. The number of phenolic OH excluding ortho intramolecular Hbond substituents is 1. The molecule has 1 aromatic heterocycles. The van der Waals surface area contributed by atoms with Gasteiger partial charge in [0.25, 0.3) is 0 Å². The van der Waals surface area contributed by atoms with Gasteiger partial charge < -0.3 is 19.5 Å². The maximum Gasteiger partial charge on any atom is 0.350 e. The van der Waals surface area contributed by atoms with Crippen molar-refractivity contribution in [2.45, 2.75) is 27.3 Å². The Labute approximate surface area is 232 Å². The number of carbonyl (C=O) groups excluding carboxylic acids is 2. The summed E-state index contributed by atoms with van der Waals surface area (Å²) >= 11 is 0. The molecule has 0 radical (unpaired) electrons. The molecule has 204 valence electrons. The highest BCUT2D eigenvalue weighted by atomic mass is 16.6. The number of hydrogen-bond donors (Lipinski definition) is 1. The maximum atomic E-state index is 12.5. The molecule has 0 atom stereocenters. The highest BCUT2D eigenvalue weighted by Crippen LogP contribution is 2.30. The number of fused-ring (bicyclic) bond motifs is 1. The molecular weight excluding hydrogens is 508 g/mol. The second-order valence-corrected chi connectivity index (χ2v) is 9.46. The predicted octanol–water partition coefficient (Wildman–Crippen LogP) is 5.61. The molecule has 4 aromatic rings. The lowest BCUT2D eigenvalue weighted by atomic mass is 10.1. The third-order valence-corrected chi connectivity index (χ3v) is 5.84. The Morgan fingerprint density at radius 1 is 0.950 bits per heavy atom. The monoisotopic (exact) mass is 538 g/mol. The first-order valence-corrected chi connectivity index (χ1v) is 12.4. The van der Waals surface area contributed by atoms with Gasteiger partial charge in [-0.05, 0) is 68.3 Å². The van der Waals surface area contributed by atoms with E-state index in [9.17, 15) is 14.7 Å². The molecule has 0 aliphatic heterocycles. The molecule has 0 aliphatic rings. The fraction of sp³-hybridized carbons (Fsp3) is 0.161. The molecule has 1 heterocycles. The lowest BCUT2D eigenvalue weighted by molar-refractivity contribution is -0.142. The van der Waals surface area contributed by atoms with Crippen LogP contribution in [0.4, 0.5) is 5.69 Å². The molecule has 3 aromatic carbocycles. The number of esters is 2. The molecule has 0 saturated heterocycles. The molecule has 0 bridgehead atoms. The summed E-state index contributed by atoms with van der Waals surface area (Å²) < 4.78 is 10.0. The number of aromatic hydroxyl groups is 1. The summed E-state index contributed by atoms with van der Waals surface area (Å²) in [5, 5.41) is 20.1. The van der Waals surface area contributed by atoms with Gasteiger partial charge >= 0.3 is 11.9 Å². The summed E-state index contributed by atoms with van der Waals surface area (Å²) in [5.74, 6) is -1.35. The molecule has 0 saturated carbocycles. The van der Waals surface area contributed by atoms with Crippen LogP contribution in [-0.2, 0) is 25.6 Å². The van der Waals surface area contributed by atoms with E-state index in [0.717, 1.165) is 22.3 Å². The number of benzene rings is 3. The third-order valence-electron chi connectivity index (χ3n) is 5.84. The molecule has 0 amide bonds. The zero-order valence-electron chi connectivity index (χ0n) is 22.8. The second kappa shape index (κ2) is 11.7. The van der Waals surface area contributed by atoms with Crippen LogP contribution in [0, 0.1) is 6.92 Å². The van der Waals surface area contributed by atoms with Gasteiger partial charge in [0.15, 0.2) is 0 Å². The Kier molecular flexibility index (Phi) is 8.14. The number of ether oxygens (including phenoxy) is 2. The highest BCUT2D eigenvalue weighted by Gasteiger charge is 2.22. The van der Waals surface area contributed by atoms with Crippen molar-refractivity contribution in [2.75, 3.05) is 11.9 Å². The Morgan fingerprint density at radius 3 is 2.02 bits per heavy atom. The molecule has 0 unspecified atom stereocenters. The number of anilines is 1. The van der Waals surface area contributed by atoms with Gasteiger partial charge in [-0.15, -0.1) is 15.0 Å². The van der Waals surface area contributed by atoms with Crippen molar-refractivity contribution in [1.29, 1.82) is 0 Å². The van der Waals surface area contributed by atoms with E-state index in [4.69, 9.17) is 9.47 Å². The van der Waals surface area contributed by atoms with Crippen molar-refractivity contribution < 1.29 is 24.2 Å². The predicted molar refractivity (Wildman–Crippen MR) is 154 cm³/mol. The number of hydrogen-bond acceptors (Lipinski definition) is 8. The van der Waals surface area contributed by atoms with Crippen molar-refractivity contribution in [2.24, 2.45) is 0 Å². The van der Waals surface area contributed by atoms with Crippen molar-refractivity contribution in [3.8, 4) is 11.4 Å². The van der Waals surface area contributed by atoms with Gasteiger partial charge in [0, 0.05) is 24.8 Å². The Bertz CT molecular complexity index is 1590. The minimum atomic E-state index is -0.870. The summed E-state index contributed by atoms with van der Waals surface area (Å²) in [7, 11) is 1.90. The smallest absolute Gasteiger partial charge is 0.350 e. The first kappa shape index (κ1) is 27.8. The van der Waals surface area contributed by atoms with Crippen LogP contribution < -0.4 is 4.90 Å². The van der Waals surface area contributed by atoms with Crippen molar-refractivity contribution in [3.63, 3.8) is 0 Å². The molecule has 0 spiro atoms. The number of aromatic nitrogens is 3. The average molecular weight is 539 g/mol. The summed E-state index contributed by atoms with van der Waals surface area (Å²) in [6.45, 7) is 12.4. The van der Waals surface area contributed by atoms with Gasteiger partial charge in [0.05, 0.1) is 11.5 Å². The van der Waals surface area contributed by atoms with Gasteiger partial charge in [-0.1, -0.05) is 43.5 Å². The molecule has 1 N–H and O–H groups in total. The zero-order chi connectivity index (χ0) is 29.0. The highest BCUT2D eigenvalue weighted by molar-refractivity contribution is 6.18.